The Morgan fingerprint density at radius 2 is 0.700 bits per heavy atom. The van der Waals surface area contributed by atoms with E-state index in [2.05, 4.69) is 0 Å². The van der Waals surface area contributed by atoms with Crippen molar-refractivity contribution < 1.29 is 46.8 Å². The molecule has 0 radical (unpaired) electrons. The van der Waals surface area contributed by atoms with Gasteiger partial charge in [0.25, 0.3) is 0 Å². The lowest BCUT2D eigenvalue weighted by atomic mass is 9.73. The Labute approximate surface area is 228 Å². The van der Waals surface area contributed by atoms with Crippen molar-refractivity contribution in [1.82, 2.24) is 0 Å². The van der Waals surface area contributed by atoms with E-state index in [1.54, 1.807) is 52.0 Å². The standard InChI is InChI=1S/C30H32F6O4/c1-25(2,19-11-13-23(37)21(15-19)27(5,39)29(31,32)33)17-7-9-18(10-8-17)26(3,4)20-12-14-24(38)22(16-20)28(6,40)30(34,35)36/h7-16,37-40H,1-6H3. The predicted molar refractivity (Wildman–Crippen MR) is 138 cm³/mol. The second-order valence-corrected chi connectivity index (χ2v) is 11.4. The molecule has 0 fully saturated rings. The fourth-order valence-corrected chi connectivity index (χ4v) is 4.57. The van der Waals surface area contributed by atoms with Gasteiger partial charge in [0.05, 0.1) is 0 Å². The van der Waals surface area contributed by atoms with Crippen molar-refractivity contribution in [2.75, 3.05) is 0 Å². The molecule has 0 saturated carbocycles. The summed E-state index contributed by atoms with van der Waals surface area (Å²) in [5.41, 5.74) is -7.50. The second-order valence-electron chi connectivity index (χ2n) is 11.4. The highest BCUT2D eigenvalue weighted by Crippen LogP contribution is 2.46. The molecule has 218 valence electrons. The summed E-state index contributed by atoms with van der Waals surface area (Å²) in [4.78, 5) is 0. The molecule has 3 rings (SSSR count). The van der Waals surface area contributed by atoms with Crippen LogP contribution in [0.3, 0.4) is 0 Å². The topological polar surface area (TPSA) is 80.9 Å². The van der Waals surface area contributed by atoms with E-state index in [1.165, 1.54) is 12.1 Å². The summed E-state index contributed by atoms with van der Waals surface area (Å²) in [7, 11) is 0. The van der Waals surface area contributed by atoms with Crippen molar-refractivity contribution in [3.05, 3.63) is 94.0 Å². The van der Waals surface area contributed by atoms with E-state index >= 15 is 0 Å². The van der Waals surface area contributed by atoms with E-state index in [-0.39, 0.29) is 0 Å². The molecular weight excluding hydrogens is 538 g/mol. The Balaban J connectivity index is 2.02. The largest absolute Gasteiger partial charge is 0.508 e. The summed E-state index contributed by atoms with van der Waals surface area (Å²) in [6.45, 7) is 8.18. The predicted octanol–water partition coefficient (Wildman–Crippen LogP) is 7.29. The van der Waals surface area contributed by atoms with Crippen molar-refractivity contribution in [1.29, 1.82) is 0 Å². The number of hydrogen-bond acceptors (Lipinski definition) is 4. The molecule has 0 aromatic heterocycles. The molecule has 0 spiro atoms. The van der Waals surface area contributed by atoms with Crippen molar-refractivity contribution >= 4 is 0 Å². The zero-order chi connectivity index (χ0) is 30.7. The molecule has 2 unspecified atom stereocenters. The molecule has 3 aromatic carbocycles. The molecule has 2 atom stereocenters. The van der Waals surface area contributed by atoms with Gasteiger partial charge in [-0.1, -0.05) is 64.1 Å². The van der Waals surface area contributed by atoms with Crippen molar-refractivity contribution in [2.24, 2.45) is 0 Å². The second kappa shape index (κ2) is 9.69. The average molecular weight is 571 g/mol. The van der Waals surface area contributed by atoms with Gasteiger partial charge < -0.3 is 20.4 Å². The third kappa shape index (κ3) is 5.26. The maximum atomic E-state index is 13.5. The van der Waals surface area contributed by atoms with Crippen LogP contribution < -0.4 is 0 Å². The van der Waals surface area contributed by atoms with Gasteiger partial charge in [0.2, 0.25) is 0 Å². The van der Waals surface area contributed by atoms with E-state index in [9.17, 15) is 46.8 Å². The van der Waals surface area contributed by atoms with E-state index in [0.29, 0.717) is 36.1 Å². The Kier molecular flexibility index (Phi) is 7.58. The Morgan fingerprint density at radius 3 is 0.950 bits per heavy atom. The fraction of sp³-hybridized carbons (Fsp3) is 0.400. The van der Waals surface area contributed by atoms with Crippen LogP contribution >= 0.6 is 0 Å². The van der Waals surface area contributed by atoms with E-state index in [0.717, 1.165) is 24.3 Å². The number of aromatic hydroxyl groups is 2. The smallest absolute Gasteiger partial charge is 0.421 e. The Bertz CT molecular complexity index is 1280. The summed E-state index contributed by atoms with van der Waals surface area (Å²) >= 11 is 0. The molecule has 3 aromatic rings. The monoisotopic (exact) mass is 570 g/mol. The van der Waals surface area contributed by atoms with Crippen LogP contribution in [0, 0.1) is 0 Å². The first-order chi connectivity index (χ1) is 18.0. The number of alkyl halides is 6. The molecule has 0 aliphatic carbocycles. The molecule has 0 saturated heterocycles. The molecule has 0 heterocycles. The molecule has 40 heavy (non-hydrogen) atoms. The highest BCUT2D eigenvalue weighted by molar-refractivity contribution is 5.49. The average Bonchev–Trinajstić information content (AvgIpc) is 2.82. The van der Waals surface area contributed by atoms with Gasteiger partial charge in [0, 0.05) is 22.0 Å². The van der Waals surface area contributed by atoms with Crippen LogP contribution in [0.5, 0.6) is 11.5 Å². The van der Waals surface area contributed by atoms with Crippen molar-refractivity contribution in [3.63, 3.8) is 0 Å². The van der Waals surface area contributed by atoms with Crippen LogP contribution in [-0.4, -0.2) is 32.8 Å². The SMILES string of the molecule is CC(C)(c1ccc(C(C)(C)c2ccc(O)c(C(C)(O)C(F)(F)F)c2)cc1)c1ccc(O)c(C(C)(O)C(F)(F)F)c1. The van der Waals surface area contributed by atoms with Crippen LogP contribution in [0.15, 0.2) is 60.7 Å². The van der Waals surface area contributed by atoms with Gasteiger partial charge in [0.1, 0.15) is 11.5 Å². The minimum Gasteiger partial charge on any atom is -0.508 e. The maximum Gasteiger partial charge on any atom is 0.421 e. The minimum absolute atomic E-state index is 0.398. The minimum atomic E-state index is -5.03. The van der Waals surface area contributed by atoms with Crippen LogP contribution in [0.25, 0.3) is 0 Å². The number of phenols is 2. The quantitative estimate of drug-likeness (QED) is 0.235. The Hall–Kier alpha value is -3.24. The summed E-state index contributed by atoms with van der Waals surface area (Å²) in [6.07, 6.45) is -10.1. The first-order valence-corrected chi connectivity index (χ1v) is 12.3. The molecule has 10 heteroatoms. The van der Waals surface area contributed by atoms with E-state index in [4.69, 9.17) is 0 Å². The molecular formula is C30H32F6O4. The van der Waals surface area contributed by atoms with Gasteiger partial charge in [-0.05, 0) is 60.4 Å². The van der Waals surface area contributed by atoms with Gasteiger partial charge in [0.15, 0.2) is 11.2 Å². The first-order valence-electron chi connectivity index (χ1n) is 12.3. The first kappa shape index (κ1) is 31.3. The molecule has 0 aliphatic rings. The molecule has 0 amide bonds. The van der Waals surface area contributed by atoms with Crippen LogP contribution in [0.2, 0.25) is 0 Å². The summed E-state index contributed by atoms with van der Waals surface area (Å²) in [6, 6.07) is 14.3. The molecule has 4 nitrogen and oxygen atoms in total. The number of rotatable bonds is 6. The highest BCUT2D eigenvalue weighted by atomic mass is 19.4. The molecule has 0 bridgehead atoms. The zero-order valence-electron chi connectivity index (χ0n) is 22.8. The summed E-state index contributed by atoms with van der Waals surface area (Å²) < 4.78 is 80.8. The van der Waals surface area contributed by atoms with Crippen molar-refractivity contribution in [2.45, 2.75) is 75.9 Å². The Morgan fingerprint density at radius 1 is 0.450 bits per heavy atom. The maximum absolute atomic E-state index is 13.5. The third-order valence-electron chi connectivity index (χ3n) is 7.92. The van der Waals surface area contributed by atoms with Gasteiger partial charge in [-0.15, -0.1) is 0 Å². The molecule has 4 N–H and O–H groups in total. The van der Waals surface area contributed by atoms with Crippen LogP contribution in [0.1, 0.15) is 74.9 Å². The van der Waals surface area contributed by atoms with Crippen molar-refractivity contribution in [3.8, 4) is 11.5 Å². The van der Waals surface area contributed by atoms with Crippen LogP contribution in [-0.2, 0) is 22.0 Å². The highest BCUT2D eigenvalue weighted by Gasteiger charge is 2.53. The molecule has 0 aliphatic heterocycles. The lowest BCUT2D eigenvalue weighted by Gasteiger charge is -2.33. The van der Waals surface area contributed by atoms with Gasteiger partial charge >= 0.3 is 12.4 Å². The number of aliphatic hydroxyl groups is 2. The summed E-state index contributed by atoms with van der Waals surface area (Å²) in [5, 5.41) is 40.5. The van der Waals surface area contributed by atoms with Crippen LogP contribution in [0.4, 0.5) is 26.3 Å². The zero-order valence-corrected chi connectivity index (χ0v) is 22.8. The van der Waals surface area contributed by atoms with E-state index < -0.39 is 57.0 Å². The number of halogens is 6. The third-order valence-corrected chi connectivity index (χ3v) is 7.92. The number of benzene rings is 3. The lowest BCUT2D eigenvalue weighted by Crippen LogP contribution is -2.39. The normalized spacial score (nSPS) is 16.4. The lowest BCUT2D eigenvalue weighted by molar-refractivity contribution is -0.259. The number of hydrogen-bond donors (Lipinski definition) is 4. The van der Waals surface area contributed by atoms with Gasteiger partial charge in [-0.3, -0.25) is 0 Å². The number of phenolic OH excluding ortho intramolecular Hbond substituents is 2. The fourth-order valence-electron chi connectivity index (χ4n) is 4.57. The van der Waals surface area contributed by atoms with Gasteiger partial charge in [-0.25, -0.2) is 0 Å². The summed E-state index contributed by atoms with van der Waals surface area (Å²) in [5.74, 6) is -1.39. The van der Waals surface area contributed by atoms with Gasteiger partial charge in [-0.2, -0.15) is 26.3 Å². The van der Waals surface area contributed by atoms with E-state index in [1.807, 2.05) is 0 Å².